The van der Waals surface area contributed by atoms with Crippen molar-refractivity contribution in [3.05, 3.63) is 29.8 Å². The van der Waals surface area contributed by atoms with Crippen molar-refractivity contribution in [3.63, 3.8) is 0 Å². The van der Waals surface area contributed by atoms with E-state index in [0.29, 0.717) is 0 Å². The molecule has 0 aromatic heterocycles. The number of nitrogens with one attached hydrogen (secondary N) is 2. The number of hydrogen-bond donors (Lipinski definition) is 2. The maximum atomic E-state index is 12.6. The fraction of sp³-hybridized carbons (Fsp3) is 0.600. The van der Waals surface area contributed by atoms with Crippen molar-refractivity contribution in [2.45, 2.75) is 51.5 Å². The zero-order valence-corrected chi connectivity index (χ0v) is 15.7. The summed E-state index contributed by atoms with van der Waals surface area (Å²) < 4.78 is 0. The molecule has 2 saturated heterocycles. The molecule has 1 atom stereocenters. The van der Waals surface area contributed by atoms with Crippen LogP contribution in [0.4, 0.5) is 15.3 Å². The molecule has 0 spiro atoms. The minimum Gasteiger partial charge on any atom is -0.321 e. The summed E-state index contributed by atoms with van der Waals surface area (Å²) in [6, 6.07) is 7.03. The van der Waals surface area contributed by atoms with Gasteiger partial charge in [0.1, 0.15) is 0 Å². The van der Waals surface area contributed by atoms with Crippen LogP contribution in [0.3, 0.4) is 0 Å². The molecule has 2 aliphatic rings. The van der Waals surface area contributed by atoms with E-state index in [1.807, 2.05) is 36.1 Å². The fourth-order valence-corrected chi connectivity index (χ4v) is 3.94. The molecule has 2 fully saturated rings. The van der Waals surface area contributed by atoms with Gasteiger partial charge in [-0.25, -0.2) is 9.59 Å². The molecular weight excluding hydrogens is 328 g/mol. The number of urea groups is 2. The first-order chi connectivity index (χ1) is 12.6. The Morgan fingerprint density at radius 1 is 1.08 bits per heavy atom. The van der Waals surface area contributed by atoms with Gasteiger partial charge in [0, 0.05) is 24.8 Å². The van der Waals surface area contributed by atoms with Gasteiger partial charge in [0.2, 0.25) is 0 Å². The third-order valence-electron chi connectivity index (χ3n) is 5.48. The SMILES string of the molecule is Cc1ccccc1NC(=O)NC(=O)N1CCCCC1CCN1CCCC1. The molecule has 2 heterocycles. The van der Waals surface area contributed by atoms with Crippen LogP contribution in [0.15, 0.2) is 24.3 Å². The maximum Gasteiger partial charge on any atom is 0.327 e. The highest BCUT2D eigenvalue weighted by Crippen LogP contribution is 2.21. The van der Waals surface area contributed by atoms with E-state index in [9.17, 15) is 9.59 Å². The average molecular weight is 358 g/mol. The van der Waals surface area contributed by atoms with Gasteiger partial charge >= 0.3 is 12.1 Å². The van der Waals surface area contributed by atoms with Gasteiger partial charge in [-0.15, -0.1) is 0 Å². The Balaban J connectivity index is 1.52. The Kier molecular flexibility index (Phi) is 6.50. The molecule has 2 aliphatic heterocycles. The molecule has 6 heteroatoms. The number of carbonyl (C=O) groups is 2. The summed E-state index contributed by atoms with van der Waals surface area (Å²) in [4.78, 5) is 29.2. The molecular formula is C20H30N4O2. The molecule has 142 valence electrons. The molecule has 2 N–H and O–H groups in total. The third kappa shape index (κ3) is 4.97. The second-order valence-electron chi connectivity index (χ2n) is 7.38. The number of carbonyl (C=O) groups excluding carboxylic acids is 2. The van der Waals surface area contributed by atoms with Crippen molar-refractivity contribution in [2.24, 2.45) is 0 Å². The van der Waals surface area contributed by atoms with Crippen molar-refractivity contribution in [3.8, 4) is 0 Å². The Bertz CT molecular complexity index is 628. The number of imide groups is 1. The first-order valence-electron chi connectivity index (χ1n) is 9.80. The summed E-state index contributed by atoms with van der Waals surface area (Å²) in [6.45, 7) is 6.06. The van der Waals surface area contributed by atoms with E-state index in [4.69, 9.17) is 0 Å². The van der Waals surface area contributed by atoms with E-state index in [0.717, 1.165) is 50.0 Å². The van der Waals surface area contributed by atoms with Crippen LogP contribution in [0.25, 0.3) is 0 Å². The highest BCUT2D eigenvalue weighted by molar-refractivity contribution is 6.01. The fourth-order valence-electron chi connectivity index (χ4n) is 3.94. The van der Waals surface area contributed by atoms with Gasteiger partial charge < -0.3 is 15.1 Å². The molecule has 6 nitrogen and oxygen atoms in total. The largest absolute Gasteiger partial charge is 0.327 e. The van der Waals surface area contributed by atoms with Crippen molar-refractivity contribution < 1.29 is 9.59 Å². The van der Waals surface area contributed by atoms with E-state index < -0.39 is 6.03 Å². The quantitative estimate of drug-likeness (QED) is 0.865. The molecule has 0 saturated carbocycles. The van der Waals surface area contributed by atoms with Crippen molar-refractivity contribution in [2.75, 3.05) is 31.5 Å². The Morgan fingerprint density at radius 2 is 1.81 bits per heavy atom. The first-order valence-corrected chi connectivity index (χ1v) is 9.80. The second kappa shape index (κ2) is 9.03. The van der Waals surface area contributed by atoms with Gasteiger partial charge in [-0.2, -0.15) is 0 Å². The lowest BCUT2D eigenvalue weighted by molar-refractivity contribution is 0.140. The number of likely N-dealkylation sites (tertiary alicyclic amines) is 2. The van der Waals surface area contributed by atoms with Crippen LogP contribution in [-0.4, -0.2) is 54.1 Å². The average Bonchev–Trinajstić information content (AvgIpc) is 3.15. The zero-order chi connectivity index (χ0) is 18.4. The van der Waals surface area contributed by atoms with Gasteiger partial charge in [0.25, 0.3) is 0 Å². The van der Waals surface area contributed by atoms with Crippen LogP contribution in [0.2, 0.25) is 0 Å². The highest BCUT2D eigenvalue weighted by atomic mass is 16.2. The van der Waals surface area contributed by atoms with Gasteiger partial charge in [-0.1, -0.05) is 18.2 Å². The number of para-hydroxylation sites is 1. The topological polar surface area (TPSA) is 64.7 Å². The maximum absolute atomic E-state index is 12.6. The second-order valence-corrected chi connectivity index (χ2v) is 7.38. The van der Waals surface area contributed by atoms with Gasteiger partial charge in [0.05, 0.1) is 0 Å². The van der Waals surface area contributed by atoms with Crippen molar-refractivity contribution >= 4 is 17.7 Å². The predicted molar refractivity (Wildman–Crippen MR) is 103 cm³/mol. The molecule has 0 aliphatic carbocycles. The normalized spacial score (nSPS) is 20.8. The van der Waals surface area contributed by atoms with Crippen LogP contribution < -0.4 is 10.6 Å². The van der Waals surface area contributed by atoms with Gasteiger partial charge in [-0.05, 0) is 70.2 Å². The molecule has 0 radical (unpaired) electrons. The number of anilines is 1. The molecule has 4 amide bonds. The number of hydrogen-bond acceptors (Lipinski definition) is 3. The first kappa shape index (κ1) is 18.7. The zero-order valence-electron chi connectivity index (χ0n) is 15.7. The predicted octanol–water partition coefficient (Wildman–Crippen LogP) is 3.58. The Hall–Kier alpha value is -2.08. The molecule has 1 aromatic carbocycles. The molecule has 3 rings (SSSR count). The van der Waals surface area contributed by atoms with Crippen LogP contribution in [0.5, 0.6) is 0 Å². The smallest absolute Gasteiger partial charge is 0.321 e. The summed E-state index contributed by atoms with van der Waals surface area (Å²) in [5.41, 5.74) is 1.69. The summed E-state index contributed by atoms with van der Waals surface area (Å²) in [6.07, 6.45) is 6.76. The van der Waals surface area contributed by atoms with E-state index in [-0.39, 0.29) is 12.1 Å². The van der Waals surface area contributed by atoms with Gasteiger partial charge in [-0.3, -0.25) is 5.32 Å². The van der Waals surface area contributed by atoms with Crippen LogP contribution in [0.1, 0.15) is 44.1 Å². The Morgan fingerprint density at radius 3 is 2.58 bits per heavy atom. The number of piperidine rings is 1. The van der Waals surface area contributed by atoms with Crippen molar-refractivity contribution in [1.82, 2.24) is 15.1 Å². The van der Waals surface area contributed by atoms with Crippen LogP contribution >= 0.6 is 0 Å². The molecule has 1 aromatic rings. The lowest BCUT2D eigenvalue weighted by Crippen LogP contribution is -2.51. The Labute approximate surface area is 155 Å². The van der Waals surface area contributed by atoms with Crippen LogP contribution in [0, 0.1) is 6.92 Å². The number of benzene rings is 1. The van der Waals surface area contributed by atoms with Gasteiger partial charge in [0.15, 0.2) is 0 Å². The molecule has 26 heavy (non-hydrogen) atoms. The van der Waals surface area contributed by atoms with E-state index in [2.05, 4.69) is 15.5 Å². The summed E-state index contributed by atoms with van der Waals surface area (Å²) >= 11 is 0. The van der Waals surface area contributed by atoms with E-state index in [1.165, 1.54) is 25.9 Å². The monoisotopic (exact) mass is 358 g/mol. The standard InChI is InChI=1S/C20H30N4O2/c1-16-8-2-3-10-18(16)21-19(25)22-20(26)24-14-5-4-9-17(24)11-15-23-12-6-7-13-23/h2-3,8,10,17H,4-7,9,11-15H2,1H3,(H2,21,22,25,26). The number of nitrogens with zero attached hydrogens (tertiary/aromatic N) is 2. The number of rotatable bonds is 4. The van der Waals surface area contributed by atoms with Crippen LogP contribution in [-0.2, 0) is 0 Å². The minimum absolute atomic E-state index is 0.232. The molecule has 1 unspecified atom stereocenters. The van der Waals surface area contributed by atoms with E-state index in [1.54, 1.807) is 0 Å². The lowest BCUT2D eigenvalue weighted by Gasteiger charge is -2.36. The third-order valence-corrected chi connectivity index (χ3v) is 5.48. The molecule has 0 bridgehead atoms. The minimum atomic E-state index is -0.465. The summed E-state index contributed by atoms with van der Waals surface area (Å²) in [7, 11) is 0. The van der Waals surface area contributed by atoms with E-state index >= 15 is 0 Å². The number of aryl methyl sites for hydroxylation is 1. The highest BCUT2D eigenvalue weighted by Gasteiger charge is 2.28. The lowest BCUT2D eigenvalue weighted by atomic mass is 9.99. The summed E-state index contributed by atoms with van der Waals surface area (Å²) in [5, 5.41) is 5.27. The number of amides is 4. The summed E-state index contributed by atoms with van der Waals surface area (Å²) in [5.74, 6) is 0. The van der Waals surface area contributed by atoms with Crippen molar-refractivity contribution in [1.29, 1.82) is 0 Å².